The minimum atomic E-state index is -0.512. The van der Waals surface area contributed by atoms with Crippen LogP contribution in [0.3, 0.4) is 0 Å². The van der Waals surface area contributed by atoms with Crippen LogP contribution in [0.5, 0.6) is 0 Å². The molecule has 2 amide bonds. The summed E-state index contributed by atoms with van der Waals surface area (Å²) in [4.78, 5) is 36.1. The maximum Gasteiger partial charge on any atom is 0.416 e. The summed E-state index contributed by atoms with van der Waals surface area (Å²) in [6.07, 6.45) is 4.00. The Balaban J connectivity index is 0.000000206. The fraction of sp³-hybridized carbons (Fsp3) is 0.556. The average molecular weight is 552 g/mol. The number of rotatable bonds is 0. The molecule has 0 atom stereocenters. The van der Waals surface area contributed by atoms with Crippen LogP contribution in [-0.4, -0.2) is 46.4 Å². The summed E-state index contributed by atoms with van der Waals surface area (Å²) >= 11 is 11.8. The van der Waals surface area contributed by atoms with Crippen LogP contribution >= 0.6 is 23.2 Å². The van der Waals surface area contributed by atoms with Gasteiger partial charge in [0.25, 0.3) is 0 Å². The molecule has 0 saturated carbocycles. The first-order chi connectivity index (χ1) is 17.2. The predicted octanol–water partition coefficient (Wildman–Crippen LogP) is 7.24. The van der Waals surface area contributed by atoms with Crippen molar-refractivity contribution in [3.8, 4) is 0 Å². The van der Waals surface area contributed by atoms with E-state index < -0.39 is 11.2 Å². The molecule has 2 aromatic rings. The molecule has 0 saturated heterocycles. The highest BCUT2D eigenvalue weighted by Gasteiger charge is 2.29. The molecule has 8 nitrogen and oxygen atoms in total. The molecule has 10 heteroatoms. The van der Waals surface area contributed by atoms with Gasteiger partial charge in [-0.1, -0.05) is 35.3 Å². The van der Waals surface area contributed by atoms with Crippen LogP contribution in [-0.2, 0) is 22.3 Å². The van der Waals surface area contributed by atoms with E-state index in [1.54, 1.807) is 21.9 Å². The summed E-state index contributed by atoms with van der Waals surface area (Å²) in [7, 11) is 0. The van der Waals surface area contributed by atoms with E-state index >= 15 is 0 Å². The number of fused-ring (bicyclic) bond motifs is 2. The maximum absolute atomic E-state index is 12.3. The first-order valence-corrected chi connectivity index (χ1v) is 13.3. The van der Waals surface area contributed by atoms with Crippen LogP contribution < -0.4 is 9.80 Å². The number of hydrogen-bond acceptors (Lipinski definition) is 6. The van der Waals surface area contributed by atoms with Gasteiger partial charge in [-0.2, -0.15) is 0 Å². The summed E-state index contributed by atoms with van der Waals surface area (Å²) in [5.41, 5.74) is 1.07. The molecular formula is C27H36Cl2N4O4. The topological polar surface area (TPSA) is 84.9 Å². The molecule has 2 aromatic heterocycles. The third-order valence-corrected chi connectivity index (χ3v) is 5.91. The Labute approximate surface area is 229 Å². The number of aryl methyl sites for hydroxylation is 2. The minimum absolute atomic E-state index is 0.356. The Morgan fingerprint density at radius 2 is 1.11 bits per heavy atom. The maximum atomic E-state index is 12.3. The zero-order valence-corrected chi connectivity index (χ0v) is 23.9. The van der Waals surface area contributed by atoms with Crippen LogP contribution in [0.25, 0.3) is 0 Å². The van der Waals surface area contributed by atoms with Gasteiger partial charge in [0.2, 0.25) is 0 Å². The fourth-order valence-electron chi connectivity index (χ4n) is 3.98. The molecule has 0 bridgehead atoms. The number of aromatic nitrogens is 2. The monoisotopic (exact) mass is 550 g/mol. The Morgan fingerprint density at radius 3 is 1.54 bits per heavy atom. The summed E-state index contributed by atoms with van der Waals surface area (Å²) in [5, 5.41) is 0.790. The molecule has 0 unspecified atom stereocenters. The zero-order chi connectivity index (χ0) is 27.4. The van der Waals surface area contributed by atoms with Gasteiger partial charge in [-0.3, -0.25) is 9.80 Å². The second-order valence-electron chi connectivity index (χ2n) is 11.1. The molecule has 4 heterocycles. The van der Waals surface area contributed by atoms with Crippen LogP contribution in [0.15, 0.2) is 24.3 Å². The molecular weight excluding hydrogens is 515 g/mol. The van der Waals surface area contributed by atoms with Crippen molar-refractivity contribution in [2.45, 2.75) is 84.8 Å². The third-order valence-electron chi connectivity index (χ3n) is 5.49. The lowest BCUT2D eigenvalue weighted by Gasteiger charge is -2.30. The van der Waals surface area contributed by atoms with Crippen LogP contribution in [0, 0.1) is 0 Å². The van der Waals surface area contributed by atoms with E-state index in [-0.39, 0.29) is 12.2 Å². The van der Waals surface area contributed by atoms with Gasteiger partial charge in [0.1, 0.15) is 33.1 Å². The first kappa shape index (κ1) is 29.0. The second kappa shape index (κ2) is 11.9. The molecule has 0 aromatic carbocycles. The lowest BCUT2D eigenvalue weighted by atomic mass is 10.1. The normalized spacial score (nSPS) is 15.5. The molecule has 0 N–H and O–H groups in total. The molecule has 37 heavy (non-hydrogen) atoms. The Kier molecular flexibility index (Phi) is 9.29. The van der Waals surface area contributed by atoms with E-state index in [9.17, 15) is 9.59 Å². The lowest BCUT2D eigenvalue weighted by molar-refractivity contribution is 0.0567. The van der Waals surface area contributed by atoms with Gasteiger partial charge >= 0.3 is 12.2 Å². The smallest absolute Gasteiger partial charge is 0.416 e. The molecule has 2 aliphatic rings. The van der Waals surface area contributed by atoms with Crippen molar-refractivity contribution in [3.05, 3.63) is 45.7 Å². The zero-order valence-electron chi connectivity index (χ0n) is 22.4. The highest BCUT2D eigenvalue weighted by atomic mass is 35.5. The number of hydrogen-bond donors (Lipinski definition) is 0. The number of carbonyl (C=O) groups excluding carboxylic acids is 2. The number of ether oxygens (including phenoxy) is 2. The van der Waals surface area contributed by atoms with E-state index in [2.05, 4.69) is 9.97 Å². The van der Waals surface area contributed by atoms with E-state index in [0.717, 1.165) is 43.2 Å². The quantitative estimate of drug-likeness (QED) is 0.321. The molecule has 202 valence electrons. The number of carbonyl (C=O) groups is 2. The van der Waals surface area contributed by atoms with Gasteiger partial charge in [-0.15, -0.1) is 0 Å². The summed E-state index contributed by atoms with van der Waals surface area (Å²) in [6, 6.07) is 7.37. The number of amides is 2. The third kappa shape index (κ3) is 8.47. The largest absolute Gasteiger partial charge is 0.443 e. The van der Waals surface area contributed by atoms with Crippen molar-refractivity contribution in [3.63, 3.8) is 0 Å². The standard InChI is InChI=1S/C14H19ClN2O2.C13H17ClN2O2/c1-14(2,3)19-13(18)17-9-5-4-6-10-7-8-11(15)16-12(10)17;1-13(2,3)18-12(17)16-8-4-5-9-6-7-10(14)15-11(9)16/h7-8H,4-6,9H2,1-3H3;6-7H,4-5,8H2,1-3H3. The van der Waals surface area contributed by atoms with E-state index in [1.807, 2.05) is 53.7 Å². The number of pyridine rings is 2. The molecule has 4 rings (SSSR count). The van der Waals surface area contributed by atoms with Crippen molar-refractivity contribution in [2.24, 2.45) is 0 Å². The van der Waals surface area contributed by atoms with Crippen molar-refractivity contribution in [1.82, 2.24) is 9.97 Å². The summed E-state index contributed by atoms with van der Waals surface area (Å²) in [5.74, 6) is 1.27. The number of halogens is 2. The molecule has 0 radical (unpaired) electrons. The Hall–Kier alpha value is -2.58. The molecule has 2 aliphatic heterocycles. The van der Waals surface area contributed by atoms with Gasteiger partial charge in [0.05, 0.1) is 0 Å². The first-order valence-electron chi connectivity index (χ1n) is 12.6. The van der Waals surface area contributed by atoms with Gasteiger partial charge in [-0.25, -0.2) is 19.6 Å². The Bertz CT molecular complexity index is 1130. The predicted molar refractivity (Wildman–Crippen MR) is 147 cm³/mol. The van der Waals surface area contributed by atoms with Gasteiger partial charge in [0, 0.05) is 13.1 Å². The fourth-order valence-corrected chi connectivity index (χ4v) is 4.27. The van der Waals surface area contributed by atoms with Gasteiger partial charge < -0.3 is 9.47 Å². The van der Waals surface area contributed by atoms with E-state index in [0.29, 0.717) is 35.0 Å². The van der Waals surface area contributed by atoms with Crippen molar-refractivity contribution >= 4 is 47.0 Å². The Morgan fingerprint density at radius 1 is 0.703 bits per heavy atom. The van der Waals surface area contributed by atoms with E-state index in [4.69, 9.17) is 32.7 Å². The highest BCUT2D eigenvalue weighted by molar-refractivity contribution is 6.29. The second-order valence-corrected chi connectivity index (χ2v) is 11.8. The van der Waals surface area contributed by atoms with Gasteiger partial charge in [0.15, 0.2) is 0 Å². The highest BCUT2D eigenvalue weighted by Crippen LogP contribution is 2.29. The number of anilines is 2. The number of nitrogens with zero attached hydrogens (tertiary/aromatic N) is 4. The average Bonchev–Trinajstić information content (AvgIpc) is 2.99. The molecule has 0 spiro atoms. The lowest BCUT2D eigenvalue weighted by Crippen LogP contribution is -2.40. The van der Waals surface area contributed by atoms with Crippen LogP contribution in [0.2, 0.25) is 10.3 Å². The SMILES string of the molecule is CC(C)(C)OC(=O)N1CCCCc2ccc(Cl)nc21.CC(C)(C)OC(=O)N1CCCc2ccc(Cl)nc21. The van der Waals surface area contributed by atoms with Crippen LogP contribution in [0.1, 0.15) is 71.9 Å². The van der Waals surface area contributed by atoms with Crippen molar-refractivity contribution < 1.29 is 19.1 Å². The minimum Gasteiger partial charge on any atom is -0.443 e. The van der Waals surface area contributed by atoms with Gasteiger partial charge in [-0.05, 0) is 96.9 Å². The molecule has 0 fully saturated rings. The summed E-state index contributed by atoms with van der Waals surface area (Å²) in [6.45, 7) is 12.4. The van der Waals surface area contributed by atoms with Crippen molar-refractivity contribution in [2.75, 3.05) is 22.9 Å². The molecule has 0 aliphatic carbocycles. The summed E-state index contributed by atoms with van der Waals surface area (Å²) < 4.78 is 10.8. The van der Waals surface area contributed by atoms with Crippen LogP contribution in [0.4, 0.5) is 21.2 Å². The van der Waals surface area contributed by atoms with Crippen molar-refractivity contribution in [1.29, 1.82) is 0 Å². The van der Waals surface area contributed by atoms with E-state index in [1.165, 1.54) is 0 Å².